The van der Waals surface area contributed by atoms with Crippen molar-refractivity contribution < 1.29 is 13.9 Å². The number of hydrogen-bond donors (Lipinski definition) is 0. The van der Waals surface area contributed by atoms with E-state index >= 15 is 0 Å². The zero-order valence-corrected chi connectivity index (χ0v) is 26.2. The predicted molar refractivity (Wildman–Crippen MR) is 175 cm³/mol. The summed E-state index contributed by atoms with van der Waals surface area (Å²) in [6, 6.07) is 25.6. The van der Waals surface area contributed by atoms with Gasteiger partial charge in [0.05, 0.1) is 40.7 Å². The van der Waals surface area contributed by atoms with Crippen LogP contribution in [0, 0.1) is 0 Å². The number of benzene rings is 3. The summed E-state index contributed by atoms with van der Waals surface area (Å²) in [5.41, 5.74) is 6.13. The molecule has 0 radical (unpaired) electrons. The highest BCUT2D eigenvalue weighted by atomic mass is 32.2. The molecule has 0 fully saturated rings. The molecule has 1 atom stereocenters. The highest BCUT2D eigenvalue weighted by Gasteiger charge is 2.34. The summed E-state index contributed by atoms with van der Waals surface area (Å²) in [4.78, 5) is 24.7. The monoisotopic (exact) mass is 635 g/mol. The number of fused-ring (bicyclic) bond motifs is 4. The highest BCUT2D eigenvalue weighted by molar-refractivity contribution is 8.01. The number of para-hydroxylation sites is 1. The fourth-order valence-corrected chi connectivity index (χ4v) is 8.88. The van der Waals surface area contributed by atoms with Gasteiger partial charge in [-0.05, 0) is 78.2 Å². The molecule has 8 rings (SSSR count). The third kappa shape index (κ3) is 4.61. The number of aryl methyl sites for hydroxylation is 1. The van der Waals surface area contributed by atoms with Crippen LogP contribution in [0.2, 0.25) is 0 Å². The van der Waals surface area contributed by atoms with E-state index in [2.05, 4.69) is 24.3 Å². The lowest BCUT2D eigenvalue weighted by atomic mass is 9.83. The van der Waals surface area contributed by atoms with Gasteiger partial charge < -0.3 is 13.9 Å². The zero-order valence-electron chi connectivity index (χ0n) is 23.8. The Balaban J connectivity index is 1.25. The van der Waals surface area contributed by atoms with Crippen molar-refractivity contribution in [2.24, 2.45) is 4.99 Å². The first-order valence-electron chi connectivity index (χ1n) is 14.1. The van der Waals surface area contributed by atoms with Gasteiger partial charge in [0.2, 0.25) is 0 Å². The molecule has 44 heavy (non-hydrogen) atoms. The van der Waals surface area contributed by atoms with E-state index in [1.165, 1.54) is 28.7 Å². The van der Waals surface area contributed by atoms with Crippen molar-refractivity contribution in [2.75, 3.05) is 14.2 Å². The maximum atomic E-state index is 14.2. The second-order valence-electron chi connectivity index (χ2n) is 10.4. The van der Waals surface area contributed by atoms with Gasteiger partial charge in [0, 0.05) is 17.2 Å². The van der Waals surface area contributed by atoms with Gasteiger partial charge in [0.1, 0.15) is 17.3 Å². The largest absolute Gasteiger partial charge is 0.497 e. The number of hydrogen-bond acceptors (Lipinski definition) is 9. The molecule has 1 unspecified atom stereocenters. The van der Waals surface area contributed by atoms with Gasteiger partial charge in [0.25, 0.3) is 5.56 Å². The van der Waals surface area contributed by atoms with E-state index in [1.54, 1.807) is 30.1 Å². The van der Waals surface area contributed by atoms with Gasteiger partial charge in [-0.2, -0.15) is 0 Å². The SMILES string of the molecule is COc1ccc(OC)c(C2C3=C(N=c4s/c(=C/c5ccc(Sc6nc7ccccc7s6)o5)c(=O)n42)c2ccccc2CC3)c1. The first kappa shape index (κ1) is 27.2. The number of furan rings is 1. The summed E-state index contributed by atoms with van der Waals surface area (Å²) in [5.74, 6) is 2.00. The zero-order chi connectivity index (χ0) is 29.8. The molecule has 0 spiro atoms. The van der Waals surface area contributed by atoms with Gasteiger partial charge in [-0.1, -0.05) is 47.7 Å². The third-order valence-electron chi connectivity index (χ3n) is 7.94. The Hall–Kier alpha value is -4.38. The van der Waals surface area contributed by atoms with Crippen LogP contribution in [0.1, 0.15) is 34.9 Å². The van der Waals surface area contributed by atoms with Gasteiger partial charge in [-0.15, -0.1) is 11.3 Å². The number of nitrogens with zero attached hydrogens (tertiary/aromatic N) is 3. The van der Waals surface area contributed by atoms with Crippen LogP contribution < -0.4 is 24.4 Å². The molecular weight excluding hydrogens is 611 g/mol. The average molecular weight is 636 g/mol. The summed E-state index contributed by atoms with van der Waals surface area (Å²) < 4.78 is 22.0. The molecule has 0 saturated heterocycles. The molecule has 0 saturated carbocycles. The Morgan fingerprint density at radius 3 is 2.70 bits per heavy atom. The number of thiazole rings is 2. The van der Waals surface area contributed by atoms with Crippen LogP contribution in [0.5, 0.6) is 11.5 Å². The van der Waals surface area contributed by atoms with E-state index in [-0.39, 0.29) is 11.6 Å². The minimum Gasteiger partial charge on any atom is -0.497 e. The molecule has 2 aliphatic rings. The summed E-state index contributed by atoms with van der Waals surface area (Å²) in [6.45, 7) is 0. The molecule has 6 aromatic rings. The second-order valence-corrected chi connectivity index (χ2v) is 13.7. The summed E-state index contributed by atoms with van der Waals surface area (Å²) in [7, 11) is 3.30. The molecule has 0 amide bonds. The minimum atomic E-state index is -0.386. The lowest BCUT2D eigenvalue weighted by Gasteiger charge is -2.31. The van der Waals surface area contributed by atoms with Gasteiger partial charge >= 0.3 is 0 Å². The summed E-state index contributed by atoms with van der Waals surface area (Å²) in [6.07, 6.45) is 3.47. The lowest BCUT2D eigenvalue weighted by Crippen LogP contribution is -2.39. The van der Waals surface area contributed by atoms with E-state index in [9.17, 15) is 4.79 Å². The number of methoxy groups -OCH3 is 2. The number of aromatic nitrogens is 2. The standard InChI is InChI=1S/C34H25N3O4S3/c1-39-20-12-15-26(40-2)24(17-20)31-23-14-11-19-7-3-4-8-22(19)30(23)36-33-37(31)32(38)28(42-33)18-21-13-16-29(41-21)44-34-35-25-9-5-6-10-27(25)43-34/h3-10,12-13,15-18,31H,11,14H2,1-2H3/b28-18+. The topological polar surface area (TPSA) is 78.8 Å². The number of rotatable bonds is 6. The van der Waals surface area contributed by atoms with Crippen molar-refractivity contribution in [1.29, 1.82) is 0 Å². The summed E-state index contributed by atoms with van der Waals surface area (Å²) >= 11 is 4.48. The average Bonchev–Trinajstić information content (AvgIpc) is 3.76. The Morgan fingerprint density at radius 2 is 1.84 bits per heavy atom. The molecule has 1 aliphatic carbocycles. The quantitative estimate of drug-likeness (QED) is 0.203. The van der Waals surface area contributed by atoms with Crippen LogP contribution >= 0.6 is 34.4 Å². The molecule has 0 N–H and O–H groups in total. The smallest absolute Gasteiger partial charge is 0.271 e. The third-order valence-corrected chi connectivity index (χ3v) is 10.9. The Labute approximate surface area is 264 Å². The van der Waals surface area contributed by atoms with Crippen molar-refractivity contribution in [2.45, 2.75) is 28.3 Å². The van der Waals surface area contributed by atoms with E-state index in [4.69, 9.17) is 23.9 Å². The fourth-order valence-electron chi connectivity index (χ4n) is 5.93. The van der Waals surface area contributed by atoms with Crippen LogP contribution in [-0.2, 0) is 6.42 Å². The maximum Gasteiger partial charge on any atom is 0.271 e. The van der Waals surface area contributed by atoms with Crippen LogP contribution in [-0.4, -0.2) is 23.8 Å². The van der Waals surface area contributed by atoms with E-state index in [1.807, 2.05) is 60.7 Å². The molecular formula is C34H25N3O4S3. The maximum absolute atomic E-state index is 14.2. The normalized spacial score (nSPS) is 16.0. The molecule has 0 bridgehead atoms. The number of allylic oxidation sites excluding steroid dienone is 1. The van der Waals surface area contributed by atoms with Crippen molar-refractivity contribution in [3.8, 4) is 11.5 Å². The molecule has 10 heteroatoms. The fraction of sp³-hybridized carbons (Fsp3) is 0.147. The second kappa shape index (κ2) is 11.0. The van der Waals surface area contributed by atoms with Crippen LogP contribution in [0.3, 0.4) is 0 Å². The van der Waals surface area contributed by atoms with Gasteiger partial charge in [0.15, 0.2) is 14.2 Å². The first-order chi connectivity index (χ1) is 21.6. The van der Waals surface area contributed by atoms with Gasteiger partial charge in [-0.25, -0.2) is 9.98 Å². The van der Waals surface area contributed by atoms with Crippen molar-refractivity contribution >= 4 is 56.4 Å². The lowest BCUT2D eigenvalue weighted by molar-refractivity contribution is 0.392. The van der Waals surface area contributed by atoms with Crippen molar-refractivity contribution in [3.63, 3.8) is 0 Å². The van der Waals surface area contributed by atoms with E-state index < -0.39 is 0 Å². The molecule has 7 nitrogen and oxygen atoms in total. The molecule has 3 aromatic heterocycles. The predicted octanol–water partition coefficient (Wildman–Crippen LogP) is 6.69. The molecule has 218 valence electrons. The Bertz CT molecular complexity index is 2260. The summed E-state index contributed by atoms with van der Waals surface area (Å²) in [5, 5.41) is 0.717. The van der Waals surface area contributed by atoms with Gasteiger partial charge in [-0.3, -0.25) is 9.36 Å². The first-order valence-corrected chi connectivity index (χ1v) is 16.5. The number of ether oxygens (including phenoxy) is 2. The highest BCUT2D eigenvalue weighted by Crippen LogP contribution is 2.44. The van der Waals surface area contributed by atoms with Crippen LogP contribution in [0.15, 0.2) is 108 Å². The van der Waals surface area contributed by atoms with Crippen LogP contribution in [0.4, 0.5) is 0 Å². The Kier molecular flexibility index (Phi) is 6.77. The van der Waals surface area contributed by atoms with Crippen molar-refractivity contribution in [1.82, 2.24) is 9.55 Å². The van der Waals surface area contributed by atoms with E-state index in [0.29, 0.717) is 31.7 Å². The Morgan fingerprint density at radius 1 is 0.977 bits per heavy atom. The molecule has 3 aromatic carbocycles. The molecule has 1 aliphatic heterocycles. The minimum absolute atomic E-state index is 0.120. The van der Waals surface area contributed by atoms with E-state index in [0.717, 1.165) is 49.8 Å². The van der Waals surface area contributed by atoms with Crippen molar-refractivity contribution in [3.05, 3.63) is 127 Å². The van der Waals surface area contributed by atoms with Crippen LogP contribution in [0.25, 0.3) is 22.0 Å². The molecule has 4 heterocycles.